The standard InChI is InChI=1S/C13H25N3O3/c1-19-10-11(14)13(18)15-7-6-12(17)16-8-4-2-3-5-9-16/h11H,2-10,14H2,1H3,(H,15,18). The van der Waals surface area contributed by atoms with E-state index in [2.05, 4.69) is 5.32 Å². The predicted molar refractivity (Wildman–Crippen MR) is 72.5 cm³/mol. The maximum Gasteiger partial charge on any atom is 0.239 e. The lowest BCUT2D eigenvalue weighted by atomic mass is 10.2. The van der Waals surface area contributed by atoms with Crippen molar-refractivity contribution in [1.82, 2.24) is 10.2 Å². The van der Waals surface area contributed by atoms with Crippen LogP contribution in [-0.2, 0) is 14.3 Å². The molecule has 0 radical (unpaired) electrons. The second-order valence-electron chi connectivity index (χ2n) is 4.90. The number of rotatable bonds is 6. The van der Waals surface area contributed by atoms with Crippen LogP contribution in [-0.4, -0.2) is 56.1 Å². The van der Waals surface area contributed by atoms with Gasteiger partial charge in [-0.15, -0.1) is 0 Å². The van der Waals surface area contributed by atoms with Crippen LogP contribution < -0.4 is 11.1 Å². The normalized spacial score (nSPS) is 17.7. The summed E-state index contributed by atoms with van der Waals surface area (Å²) in [5.74, 6) is -0.159. The number of carbonyl (C=O) groups is 2. The molecule has 1 atom stereocenters. The van der Waals surface area contributed by atoms with Crippen molar-refractivity contribution in [2.24, 2.45) is 5.73 Å². The molecule has 0 saturated carbocycles. The summed E-state index contributed by atoms with van der Waals surface area (Å²) in [6, 6.07) is -0.668. The molecule has 0 aromatic heterocycles. The van der Waals surface area contributed by atoms with Gasteiger partial charge in [0.2, 0.25) is 11.8 Å². The van der Waals surface area contributed by atoms with Crippen molar-refractivity contribution in [3.05, 3.63) is 0 Å². The first-order chi connectivity index (χ1) is 9.15. The summed E-state index contributed by atoms with van der Waals surface area (Å²) in [6.45, 7) is 2.21. The van der Waals surface area contributed by atoms with Gasteiger partial charge < -0.3 is 20.7 Å². The molecule has 2 amide bonds. The third-order valence-corrected chi connectivity index (χ3v) is 3.28. The molecule has 0 bridgehead atoms. The third kappa shape index (κ3) is 6.02. The maximum atomic E-state index is 11.9. The van der Waals surface area contributed by atoms with Gasteiger partial charge in [-0.05, 0) is 12.8 Å². The average molecular weight is 271 g/mol. The Bertz CT molecular complexity index is 289. The van der Waals surface area contributed by atoms with Crippen molar-refractivity contribution in [3.8, 4) is 0 Å². The second kappa shape index (κ2) is 8.87. The molecule has 1 aliphatic rings. The molecule has 0 aromatic carbocycles. The topological polar surface area (TPSA) is 84.7 Å². The number of hydrogen-bond donors (Lipinski definition) is 2. The molecule has 1 saturated heterocycles. The molecule has 6 nitrogen and oxygen atoms in total. The molecule has 1 unspecified atom stereocenters. The van der Waals surface area contributed by atoms with E-state index in [9.17, 15) is 9.59 Å². The Labute approximate surface area is 114 Å². The quantitative estimate of drug-likeness (QED) is 0.705. The van der Waals surface area contributed by atoms with Crippen molar-refractivity contribution in [3.63, 3.8) is 0 Å². The van der Waals surface area contributed by atoms with E-state index in [0.717, 1.165) is 25.9 Å². The highest BCUT2D eigenvalue weighted by Crippen LogP contribution is 2.10. The number of nitrogens with zero attached hydrogens (tertiary/aromatic N) is 1. The largest absolute Gasteiger partial charge is 0.383 e. The van der Waals surface area contributed by atoms with Crippen molar-refractivity contribution < 1.29 is 14.3 Å². The number of likely N-dealkylation sites (tertiary alicyclic amines) is 1. The van der Waals surface area contributed by atoms with Gasteiger partial charge in [0.1, 0.15) is 6.04 Å². The molecule has 1 aliphatic heterocycles. The fraction of sp³-hybridized carbons (Fsp3) is 0.846. The molecule has 0 aliphatic carbocycles. The molecular weight excluding hydrogens is 246 g/mol. The van der Waals surface area contributed by atoms with Crippen molar-refractivity contribution in [2.75, 3.05) is 33.4 Å². The Morgan fingerprint density at radius 3 is 2.47 bits per heavy atom. The van der Waals surface area contributed by atoms with Crippen molar-refractivity contribution >= 4 is 11.8 Å². The Morgan fingerprint density at radius 1 is 1.26 bits per heavy atom. The van der Waals surface area contributed by atoms with Crippen LogP contribution in [0.3, 0.4) is 0 Å². The van der Waals surface area contributed by atoms with E-state index in [4.69, 9.17) is 10.5 Å². The zero-order valence-electron chi connectivity index (χ0n) is 11.7. The SMILES string of the molecule is COCC(N)C(=O)NCCC(=O)N1CCCCCC1. The van der Waals surface area contributed by atoms with E-state index in [0.29, 0.717) is 13.0 Å². The van der Waals surface area contributed by atoms with E-state index in [1.807, 2.05) is 4.90 Å². The maximum absolute atomic E-state index is 11.9. The summed E-state index contributed by atoms with van der Waals surface area (Å²) in [5.41, 5.74) is 5.58. The molecule has 1 rings (SSSR count). The number of carbonyl (C=O) groups excluding carboxylic acids is 2. The van der Waals surface area contributed by atoms with Gasteiger partial charge >= 0.3 is 0 Å². The lowest BCUT2D eigenvalue weighted by Crippen LogP contribution is -2.44. The van der Waals surface area contributed by atoms with Crippen LogP contribution in [0.5, 0.6) is 0 Å². The number of ether oxygens (including phenoxy) is 1. The van der Waals surface area contributed by atoms with Crippen LogP contribution >= 0.6 is 0 Å². The van der Waals surface area contributed by atoms with Crippen LogP contribution in [0.4, 0.5) is 0 Å². The number of hydrogen-bond acceptors (Lipinski definition) is 4. The Balaban J connectivity index is 2.20. The average Bonchev–Trinajstić information content (AvgIpc) is 2.67. The molecule has 110 valence electrons. The molecule has 3 N–H and O–H groups in total. The lowest BCUT2D eigenvalue weighted by molar-refractivity contribution is -0.131. The van der Waals surface area contributed by atoms with Gasteiger partial charge in [0.25, 0.3) is 0 Å². The second-order valence-corrected chi connectivity index (χ2v) is 4.90. The summed E-state index contributed by atoms with van der Waals surface area (Å²) >= 11 is 0. The zero-order chi connectivity index (χ0) is 14.1. The van der Waals surface area contributed by atoms with Crippen molar-refractivity contribution in [2.45, 2.75) is 38.1 Å². The molecule has 1 fully saturated rings. The van der Waals surface area contributed by atoms with E-state index >= 15 is 0 Å². The smallest absolute Gasteiger partial charge is 0.239 e. The first-order valence-corrected chi connectivity index (χ1v) is 6.95. The van der Waals surface area contributed by atoms with Gasteiger partial charge in [-0.2, -0.15) is 0 Å². The van der Waals surface area contributed by atoms with Gasteiger partial charge in [-0.25, -0.2) is 0 Å². The minimum atomic E-state index is -0.668. The van der Waals surface area contributed by atoms with E-state index in [-0.39, 0.29) is 18.4 Å². The first-order valence-electron chi connectivity index (χ1n) is 6.95. The fourth-order valence-electron chi connectivity index (χ4n) is 2.16. The number of methoxy groups -OCH3 is 1. The highest BCUT2D eigenvalue weighted by atomic mass is 16.5. The summed E-state index contributed by atoms with van der Waals surface area (Å²) in [6.07, 6.45) is 4.90. The number of nitrogens with one attached hydrogen (secondary N) is 1. The van der Waals surface area contributed by atoms with Crippen LogP contribution in [0.2, 0.25) is 0 Å². The molecule has 19 heavy (non-hydrogen) atoms. The highest BCUT2D eigenvalue weighted by molar-refractivity contribution is 5.82. The minimum absolute atomic E-state index is 0.113. The minimum Gasteiger partial charge on any atom is -0.383 e. The first kappa shape index (κ1) is 15.9. The number of nitrogens with two attached hydrogens (primary N) is 1. The van der Waals surface area contributed by atoms with Crippen LogP contribution in [0.25, 0.3) is 0 Å². The Morgan fingerprint density at radius 2 is 1.89 bits per heavy atom. The van der Waals surface area contributed by atoms with Crippen LogP contribution in [0.1, 0.15) is 32.1 Å². The van der Waals surface area contributed by atoms with E-state index in [1.54, 1.807) is 0 Å². The van der Waals surface area contributed by atoms with Crippen LogP contribution in [0.15, 0.2) is 0 Å². The Kier molecular flexibility index (Phi) is 7.43. The predicted octanol–water partition coefficient (Wildman–Crippen LogP) is -0.131. The molecule has 0 spiro atoms. The summed E-state index contributed by atoms with van der Waals surface area (Å²) in [7, 11) is 1.50. The lowest BCUT2D eigenvalue weighted by Gasteiger charge is -2.20. The van der Waals surface area contributed by atoms with Gasteiger partial charge in [-0.1, -0.05) is 12.8 Å². The third-order valence-electron chi connectivity index (χ3n) is 3.28. The molecular formula is C13H25N3O3. The van der Waals surface area contributed by atoms with Gasteiger partial charge in [0.05, 0.1) is 6.61 Å². The summed E-state index contributed by atoms with van der Waals surface area (Å²) in [5, 5.41) is 2.66. The van der Waals surface area contributed by atoms with Gasteiger partial charge in [0.15, 0.2) is 0 Å². The van der Waals surface area contributed by atoms with Crippen LogP contribution in [0, 0.1) is 0 Å². The van der Waals surface area contributed by atoms with Gasteiger partial charge in [-0.3, -0.25) is 9.59 Å². The molecule has 6 heteroatoms. The van der Waals surface area contributed by atoms with E-state index in [1.165, 1.54) is 20.0 Å². The van der Waals surface area contributed by atoms with Crippen molar-refractivity contribution in [1.29, 1.82) is 0 Å². The summed E-state index contributed by atoms with van der Waals surface area (Å²) < 4.78 is 4.80. The molecule has 1 heterocycles. The van der Waals surface area contributed by atoms with E-state index < -0.39 is 6.04 Å². The highest BCUT2D eigenvalue weighted by Gasteiger charge is 2.16. The number of amides is 2. The zero-order valence-corrected chi connectivity index (χ0v) is 11.7. The molecule has 0 aromatic rings. The monoisotopic (exact) mass is 271 g/mol. The summed E-state index contributed by atoms with van der Waals surface area (Å²) in [4.78, 5) is 25.3. The fourth-order valence-corrected chi connectivity index (χ4v) is 2.16. The Hall–Kier alpha value is -1.14. The van der Waals surface area contributed by atoms with Gasteiger partial charge in [0, 0.05) is 33.2 Å².